The molecular weight excluding hydrogens is 476 g/mol. The minimum Gasteiger partial charge on any atom is -0.504 e. The maximum atomic E-state index is 12.5. The molecule has 2 aromatic rings. The summed E-state index contributed by atoms with van der Waals surface area (Å²) in [6.45, 7) is -0.663. The van der Waals surface area contributed by atoms with Crippen LogP contribution in [0, 0.1) is 0 Å². The van der Waals surface area contributed by atoms with Gasteiger partial charge >= 0.3 is 11.9 Å². The molecule has 5 unspecified atom stereocenters. The highest BCUT2D eigenvalue weighted by molar-refractivity contribution is 5.91. The van der Waals surface area contributed by atoms with Gasteiger partial charge in [0.05, 0.1) is 11.1 Å². The van der Waals surface area contributed by atoms with E-state index in [9.17, 15) is 50.4 Å². The largest absolute Gasteiger partial charge is 0.504 e. The molecule has 8 N–H and O–H groups in total. The number of carbonyl (C=O) groups is 2. The molecule has 2 aromatic carbocycles. The van der Waals surface area contributed by atoms with E-state index >= 15 is 0 Å². The van der Waals surface area contributed by atoms with Gasteiger partial charge in [0.25, 0.3) is 0 Å². The molecule has 14 heteroatoms. The monoisotopic (exact) mass is 498 g/mol. The van der Waals surface area contributed by atoms with Crippen LogP contribution in [-0.2, 0) is 18.9 Å². The Balaban J connectivity index is 1.74. The Bertz CT molecular complexity index is 1070. The van der Waals surface area contributed by atoms with Crippen molar-refractivity contribution in [1.29, 1.82) is 0 Å². The lowest BCUT2D eigenvalue weighted by Crippen LogP contribution is -2.60. The van der Waals surface area contributed by atoms with Gasteiger partial charge in [-0.3, -0.25) is 0 Å². The van der Waals surface area contributed by atoms with E-state index in [1.54, 1.807) is 0 Å². The average Bonchev–Trinajstić information content (AvgIpc) is 2.82. The van der Waals surface area contributed by atoms with Crippen LogP contribution in [0.15, 0.2) is 24.3 Å². The number of hydrogen-bond acceptors (Lipinski definition) is 14. The van der Waals surface area contributed by atoms with Crippen molar-refractivity contribution in [3.63, 3.8) is 0 Å². The fourth-order valence-electron chi connectivity index (χ4n) is 3.25. The summed E-state index contributed by atoms with van der Waals surface area (Å²) in [7, 11) is 1.14. The Labute approximate surface area is 196 Å². The number of hydrogen-bond donors (Lipinski definition) is 8. The van der Waals surface area contributed by atoms with Crippen LogP contribution in [0.2, 0.25) is 0 Å². The van der Waals surface area contributed by atoms with Crippen molar-refractivity contribution in [2.24, 2.45) is 0 Å². The Morgan fingerprint density at radius 1 is 0.800 bits per heavy atom. The fourth-order valence-corrected chi connectivity index (χ4v) is 3.25. The molecule has 0 saturated carbocycles. The Morgan fingerprint density at radius 2 is 1.26 bits per heavy atom. The maximum Gasteiger partial charge on any atom is 0.338 e. The molecule has 5 atom stereocenters. The Morgan fingerprint density at radius 3 is 1.71 bits per heavy atom. The SMILES string of the molecule is COC1OC(COC(=O)c2cc(O)c(O)c(O)c2)C(O)C(OC(=O)c2cc(O)c(O)c(O)c2)C1O. The van der Waals surface area contributed by atoms with E-state index in [0.717, 1.165) is 31.4 Å². The molecule has 0 radical (unpaired) electrons. The van der Waals surface area contributed by atoms with Gasteiger partial charge in [0, 0.05) is 7.11 Å². The van der Waals surface area contributed by atoms with Gasteiger partial charge in [-0.2, -0.15) is 0 Å². The van der Waals surface area contributed by atoms with Crippen LogP contribution in [0.4, 0.5) is 0 Å². The lowest BCUT2D eigenvalue weighted by atomic mass is 9.98. The minimum absolute atomic E-state index is 0.346. The van der Waals surface area contributed by atoms with Gasteiger partial charge in [0.2, 0.25) is 0 Å². The van der Waals surface area contributed by atoms with Gasteiger partial charge in [-0.05, 0) is 24.3 Å². The van der Waals surface area contributed by atoms with Crippen molar-refractivity contribution in [2.45, 2.75) is 30.7 Å². The summed E-state index contributed by atoms with van der Waals surface area (Å²) in [5.74, 6) is -7.23. The summed E-state index contributed by atoms with van der Waals surface area (Å²) in [5, 5.41) is 78.0. The standard InChI is InChI=1S/C21H22O14/c1-32-21-17(29)18(35-20(31)8-4-11(24)15(27)12(25)5-8)16(28)13(34-21)6-33-19(30)7-2-9(22)14(26)10(23)3-7/h2-5,13,16-18,21-29H,6H2,1H3. The number of carbonyl (C=O) groups excluding carboxylic acids is 2. The lowest BCUT2D eigenvalue weighted by Gasteiger charge is -2.41. The number of esters is 2. The molecule has 1 aliphatic rings. The molecule has 190 valence electrons. The topological polar surface area (TPSA) is 233 Å². The zero-order chi connectivity index (χ0) is 26.0. The van der Waals surface area contributed by atoms with E-state index in [4.69, 9.17) is 18.9 Å². The van der Waals surface area contributed by atoms with Gasteiger partial charge in [-0.25, -0.2) is 9.59 Å². The highest BCUT2D eigenvalue weighted by Crippen LogP contribution is 2.37. The predicted octanol–water partition coefficient (Wildman–Crippen LogP) is -0.604. The third kappa shape index (κ3) is 5.25. The molecule has 1 aliphatic heterocycles. The smallest absolute Gasteiger partial charge is 0.338 e. The first-order chi connectivity index (χ1) is 16.4. The molecule has 1 saturated heterocycles. The van der Waals surface area contributed by atoms with E-state index in [-0.39, 0.29) is 5.56 Å². The van der Waals surface area contributed by atoms with E-state index in [1.165, 1.54) is 0 Å². The molecule has 1 fully saturated rings. The second-order valence-electron chi connectivity index (χ2n) is 7.45. The van der Waals surface area contributed by atoms with Crippen LogP contribution in [0.5, 0.6) is 34.5 Å². The first kappa shape index (κ1) is 25.6. The quantitative estimate of drug-likeness (QED) is 0.183. The summed E-state index contributed by atoms with van der Waals surface area (Å²) >= 11 is 0. The first-order valence-corrected chi connectivity index (χ1v) is 9.87. The zero-order valence-corrected chi connectivity index (χ0v) is 17.9. The second-order valence-corrected chi connectivity index (χ2v) is 7.45. The predicted molar refractivity (Wildman–Crippen MR) is 110 cm³/mol. The highest BCUT2D eigenvalue weighted by atomic mass is 16.7. The molecule has 0 spiro atoms. The Hall–Kier alpha value is -3.98. The number of ether oxygens (including phenoxy) is 4. The maximum absolute atomic E-state index is 12.5. The van der Waals surface area contributed by atoms with Gasteiger partial charge in [-0.1, -0.05) is 0 Å². The first-order valence-electron chi connectivity index (χ1n) is 9.87. The van der Waals surface area contributed by atoms with Crippen molar-refractivity contribution in [2.75, 3.05) is 13.7 Å². The number of aliphatic hydroxyl groups excluding tert-OH is 2. The molecule has 1 heterocycles. The van der Waals surface area contributed by atoms with Crippen LogP contribution in [0.3, 0.4) is 0 Å². The van der Waals surface area contributed by atoms with E-state index in [2.05, 4.69) is 0 Å². The average molecular weight is 498 g/mol. The van der Waals surface area contributed by atoms with Gasteiger partial charge in [0.1, 0.15) is 24.9 Å². The molecule has 14 nitrogen and oxygen atoms in total. The van der Waals surface area contributed by atoms with Crippen LogP contribution in [0.1, 0.15) is 20.7 Å². The number of phenolic OH excluding ortho intramolecular Hbond substituents is 6. The van der Waals surface area contributed by atoms with Crippen molar-refractivity contribution >= 4 is 11.9 Å². The summed E-state index contributed by atoms with van der Waals surface area (Å²) in [6.07, 6.45) is -8.01. The van der Waals surface area contributed by atoms with Crippen LogP contribution >= 0.6 is 0 Å². The summed E-state index contributed by atoms with van der Waals surface area (Å²) in [6, 6.07) is 3.21. The van der Waals surface area contributed by atoms with Crippen LogP contribution < -0.4 is 0 Å². The van der Waals surface area contributed by atoms with Crippen molar-refractivity contribution in [1.82, 2.24) is 0 Å². The Kier molecular flexibility index (Phi) is 7.40. The molecule has 0 bridgehead atoms. The summed E-state index contributed by atoms with van der Waals surface area (Å²) in [5.41, 5.74) is -0.770. The lowest BCUT2D eigenvalue weighted by molar-refractivity contribution is -0.293. The molecule has 0 aromatic heterocycles. The normalized spacial score (nSPS) is 24.0. The number of methoxy groups -OCH3 is 1. The fraction of sp³-hybridized carbons (Fsp3) is 0.333. The summed E-state index contributed by atoms with van der Waals surface area (Å²) in [4.78, 5) is 24.7. The third-order valence-corrected chi connectivity index (χ3v) is 5.11. The van der Waals surface area contributed by atoms with Gasteiger partial charge < -0.3 is 59.8 Å². The number of benzene rings is 2. The van der Waals surface area contributed by atoms with Crippen LogP contribution in [0.25, 0.3) is 0 Å². The highest BCUT2D eigenvalue weighted by Gasteiger charge is 2.47. The number of rotatable bonds is 6. The zero-order valence-electron chi connectivity index (χ0n) is 17.9. The number of aromatic hydroxyl groups is 6. The van der Waals surface area contributed by atoms with Crippen molar-refractivity contribution in [3.05, 3.63) is 35.4 Å². The molecular formula is C21H22O14. The van der Waals surface area contributed by atoms with E-state index in [0.29, 0.717) is 0 Å². The number of phenols is 6. The minimum atomic E-state index is -1.77. The van der Waals surface area contributed by atoms with Gasteiger partial charge in [0.15, 0.2) is 46.9 Å². The third-order valence-electron chi connectivity index (χ3n) is 5.11. The van der Waals surface area contributed by atoms with E-state index < -0.39 is 89.3 Å². The molecule has 35 heavy (non-hydrogen) atoms. The van der Waals surface area contributed by atoms with Crippen molar-refractivity contribution < 1.29 is 69.4 Å². The molecule has 0 aliphatic carbocycles. The summed E-state index contributed by atoms with van der Waals surface area (Å²) < 4.78 is 20.4. The van der Waals surface area contributed by atoms with Crippen LogP contribution in [-0.4, -0.2) is 97.2 Å². The van der Waals surface area contributed by atoms with E-state index in [1.807, 2.05) is 0 Å². The van der Waals surface area contributed by atoms with Gasteiger partial charge in [-0.15, -0.1) is 0 Å². The number of aliphatic hydroxyl groups is 2. The molecule has 3 rings (SSSR count). The second kappa shape index (κ2) is 10.1. The molecule has 0 amide bonds. The van der Waals surface area contributed by atoms with Crippen molar-refractivity contribution in [3.8, 4) is 34.5 Å².